The Labute approximate surface area is 264 Å². The first-order valence-corrected chi connectivity index (χ1v) is 16.9. The first-order chi connectivity index (χ1) is 21.6. The van der Waals surface area contributed by atoms with Gasteiger partial charge in [-0.1, -0.05) is 87.9 Å². The van der Waals surface area contributed by atoms with Gasteiger partial charge in [-0.15, -0.1) is 0 Å². The minimum Gasteiger partial charge on any atom is -0.198 e. The molecule has 2 unspecified atom stereocenters. The van der Waals surface area contributed by atoms with E-state index in [4.69, 9.17) is 0 Å². The number of aromatic nitrogens is 2. The summed E-state index contributed by atoms with van der Waals surface area (Å²) in [5.74, 6) is 0.791. The molecule has 7 rings (SSSR count). The van der Waals surface area contributed by atoms with Crippen LogP contribution in [0.25, 0.3) is 33.6 Å². The van der Waals surface area contributed by atoms with E-state index in [0.29, 0.717) is 11.8 Å². The zero-order chi connectivity index (χ0) is 30.3. The van der Waals surface area contributed by atoms with Crippen molar-refractivity contribution in [2.24, 2.45) is 0 Å². The van der Waals surface area contributed by atoms with E-state index in [2.05, 4.69) is 146 Å². The SMILES string of the molecule is CCCCc1ccc2c(c1)-c1c(C)ccc[n+]1C(CC)(CC)CC2C1C[n+]2ccc(-c3ccccc3)cc2-c2ccccc21. The Kier molecular flexibility index (Phi) is 7.70. The van der Waals surface area contributed by atoms with Crippen molar-refractivity contribution in [1.82, 2.24) is 0 Å². The van der Waals surface area contributed by atoms with Crippen LogP contribution < -0.4 is 9.13 Å². The summed E-state index contributed by atoms with van der Waals surface area (Å²) in [5, 5.41) is 0. The number of hydrogen-bond acceptors (Lipinski definition) is 0. The minimum atomic E-state index is 0.0612. The lowest BCUT2D eigenvalue weighted by Gasteiger charge is -2.34. The molecule has 3 aromatic carbocycles. The molecule has 0 amide bonds. The molecule has 0 bridgehead atoms. The van der Waals surface area contributed by atoms with Crippen molar-refractivity contribution in [2.75, 3.05) is 0 Å². The number of rotatable bonds is 7. The molecule has 5 aromatic rings. The highest BCUT2D eigenvalue weighted by Crippen LogP contribution is 2.50. The molecule has 0 spiro atoms. The molecule has 44 heavy (non-hydrogen) atoms. The highest BCUT2D eigenvalue weighted by atomic mass is 15.1. The molecular formula is C42H46N2+2. The van der Waals surface area contributed by atoms with Gasteiger partial charge < -0.3 is 0 Å². The summed E-state index contributed by atoms with van der Waals surface area (Å²) >= 11 is 0. The van der Waals surface area contributed by atoms with Gasteiger partial charge in [-0.05, 0) is 65.8 Å². The average molecular weight is 579 g/mol. The molecule has 0 saturated carbocycles. The van der Waals surface area contributed by atoms with Crippen molar-refractivity contribution >= 4 is 0 Å². The van der Waals surface area contributed by atoms with Crippen LogP contribution in [-0.4, -0.2) is 0 Å². The third kappa shape index (κ3) is 4.80. The van der Waals surface area contributed by atoms with Crippen LogP contribution >= 0.6 is 0 Å². The van der Waals surface area contributed by atoms with Gasteiger partial charge in [0.15, 0.2) is 24.5 Å². The fourth-order valence-corrected chi connectivity index (χ4v) is 8.32. The van der Waals surface area contributed by atoms with Gasteiger partial charge in [-0.3, -0.25) is 0 Å². The van der Waals surface area contributed by atoms with E-state index < -0.39 is 0 Å². The van der Waals surface area contributed by atoms with Crippen LogP contribution in [0.5, 0.6) is 0 Å². The Hall–Kier alpha value is -4.04. The monoisotopic (exact) mass is 578 g/mol. The fraction of sp³-hybridized carbons (Fsp3) is 0.333. The molecule has 2 heteroatoms. The molecule has 0 radical (unpaired) electrons. The van der Waals surface area contributed by atoms with Crippen LogP contribution in [0, 0.1) is 6.92 Å². The molecule has 0 fully saturated rings. The van der Waals surface area contributed by atoms with E-state index in [1.54, 1.807) is 0 Å². The summed E-state index contributed by atoms with van der Waals surface area (Å²) in [5.41, 5.74) is 14.1. The van der Waals surface area contributed by atoms with Crippen molar-refractivity contribution in [3.63, 3.8) is 0 Å². The summed E-state index contributed by atoms with van der Waals surface area (Å²) < 4.78 is 5.22. The Morgan fingerprint density at radius 1 is 0.705 bits per heavy atom. The highest BCUT2D eigenvalue weighted by Gasteiger charge is 2.49. The van der Waals surface area contributed by atoms with E-state index in [1.165, 1.54) is 68.7 Å². The van der Waals surface area contributed by atoms with Gasteiger partial charge in [0, 0.05) is 54.5 Å². The predicted molar refractivity (Wildman–Crippen MR) is 182 cm³/mol. The topological polar surface area (TPSA) is 7.76 Å². The van der Waals surface area contributed by atoms with Crippen molar-refractivity contribution in [2.45, 2.75) is 90.1 Å². The Morgan fingerprint density at radius 2 is 1.48 bits per heavy atom. The number of unbranched alkanes of at least 4 members (excludes halogenated alkanes) is 1. The van der Waals surface area contributed by atoms with Gasteiger partial charge in [-0.2, -0.15) is 9.13 Å². The van der Waals surface area contributed by atoms with Crippen molar-refractivity contribution < 1.29 is 9.13 Å². The number of hydrogen-bond donors (Lipinski definition) is 0. The van der Waals surface area contributed by atoms with E-state index in [1.807, 2.05) is 0 Å². The molecule has 0 saturated heterocycles. The van der Waals surface area contributed by atoms with Gasteiger partial charge >= 0.3 is 0 Å². The maximum atomic E-state index is 2.69. The van der Waals surface area contributed by atoms with E-state index >= 15 is 0 Å². The molecule has 2 aromatic heterocycles. The number of fused-ring (bicyclic) bond motifs is 6. The highest BCUT2D eigenvalue weighted by molar-refractivity contribution is 5.72. The van der Waals surface area contributed by atoms with E-state index in [-0.39, 0.29) is 5.54 Å². The van der Waals surface area contributed by atoms with Crippen molar-refractivity contribution in [3.05, 3.63) is 132 Å². The molecule has 2 nitrogen and oxygen atoms in total. The number of aryl methyl sites for hydroxylation is 2. The normalized spacial score (nSPS) is 18.0. The summed E-state index contributed by atoms with van der Waals surface area (Å²) in [6.07, 6.45) is 11.7. The zero-order valence-electron chi connectivity index (χ0n) is 26.9. The maximum absolute atomic E-state index is 2.69. The van der Waals surface area contributed by atoms with Gasteiger partial charge in [0.25, 0.3) is 0 Å². The molecule has 222 valence electrons. The smallest absolute Gasteiger partial charge is 0.198 e. The van der Waals surface area contributed by atoms with Crippen LogP contribution in [0.4, 0.5) is 0 Å². The molecule has 0 aliphatic carbocycles. The molecule has 0 N–H and O–H groups in total. The first kappa shape index (κ1) is 28.7. The third-order valence-corrected chi connectivity index (χ3v) is 10.9. The van der Waals surface area contributed by atoms with Crippen LogP contribution in [0.15, 0.2) is 109 Å². The van der Waals surface area contributed by atoms with E-state index in [0.717, 1.165) is 32.2 Å². The molecular weight excluding hydrogens is 532 g/mol. The lowest BCUT2D eigenvalue weighted by atomic mass is 9.70. The number of pyridine rings is 2. The molecule has 2 aliphatic heterocycles. The van der Waals surface area contributed by atoms with Crippen LogP contribution in [0.2, 0.25) is 0 Å². The van der Waals surface area contributed by atoms with Gasteiger partial charge in [-0.25, -0.2) is 0 Å². The van der Waals surface area contributed by atoms with Crippen LogP contribution in [0.1, 0.15) is 87.0 Å². The molecule has 4 heterocycles. The fourth-order valence-electron chi connectivity index (χ4n) is 8.32. The summed E-state index contributed by atoms with van der Waals surface area (Å²) in [6, 6.07) is 36.9. The van der Waals surface area contributed by atoms with Crippen molar-refractivity contribution in [3.8, 4) is 33.6 Å². The van der Waals surface area contributed by atoms with Crippen LogP contribution in [-0.2, 0) is 18.5 Å². The second kappa shape index (κ2) is 11.8. The summed E-state index contributed by atoms with van der Waals surface area (Å²) in [7, 11) is 0. The van der Waals surface area contributed by atoms with Crippen molar-refractivity contribution in [1.29, 1.82) is 0 Å². The largest absolute Gasteiger partial charge is 0.216 e. The Bertz CT molecular complexity index is 1800. The predicted octanol–water partition coefficient (Wildman–Crippen LogP) is 9.71. The third-order valence-electron chi connectivity index (χ3n) is 10.9. The quantitative estimate of drug-likeness (QED) is 0.170. The Morgan fingerprint density at radius 3 is 2.27 bits per heavy atom. The number of benzene rings is 3. The summed E-state index contributed by atoms with van der Waals surface area (Å²) in [4.78, 5) is 0. The standard InChI is InChI=1S/C42H46N2/c1-5-8-16-31-21-22-35-37(26-31)41-30(4)15-14-24-44(41)42(6-2,7-3)28-38(35)39-29-43-25-23-33(32-17-10-9-11-18-32)27-40(43)36-20-13-12-19-34(36)39/h9-15,17-27,38-39H,5-8,16,28-29H2,1-4H3/q+2. The average Bonchev–Trinajstić information content (AvgIpc) is 3.20. The van der Waals surface area contributed by atoms with Gasteiger partial charge in [0.2, 0.25) is 11.4 Å². The molecule has 2 atom stereocenters. The minimum absolute atomic E-state index is 0.0612. The van der Waals surface area contributed by atoms with Crippen LogP contribution in [0.3, 0.4) is 0 Å². The second-order valence-electron chi connectivity index (χ2n) is 13.2. The van der Waals surface area contributed by atoms with E-state index in [9.17, 15) is 0 Å². The maximum Gasteiger partial charge on any atom is 0.216 e. The number of nitrogens with zero attached hydrogens (tertiary/aromatic N) is 2. The second-order valence-corrected chi connectivity index (χ2v) is 13.2. The zero-order valence-corrected chi connectivity index (χ0v) is 26.9. The summed E-state index contributed by atoms with van der Waals surface area (Å²) in [6.45, 7) is 10.4. The van der Waals surface area contributed by atoms with Gasteiger partial charge in [0.05, 0.1) is 11.5 Å². The Balaban J connectivity index is 1.42. The van der Waals surface area contributed by atoms with Gasteiger partial charge in [0.1, 0.15) is 0 Å². The first-order valence-electron chi connectivity index (χ1n) is 16.9. The lowest BCUT2D eigenvalue weighted by molar-refractivity contribution is -0.758. The molecule has 2 aliphatic rings. The lowest BCUT2D eigenvalue weighted by Crippen LogP contribution is -2.57.